The molecule has 1 aromatic carbocycles. The molecule has 0 aromatic heterocycles. The summed E-state index contributed by atoms with van der Waals surface area (Å²) in [5.74, 6) is 1.35. The molecule has 1 N–H and O–H groups in total. The van der Waals surface area contributed by atoms with E-state index in [0.717, 1.165) is 13.1 Å². The molecule has 0 aliphatic carbocycles. The highest BCUT2D eigenvalue weighted by Crippen LogP contribution is 2.25. The molecule has 2 rings (SSSR count). The van der Waals surface area contributed by atoms with E-state index in [1.807, 2.05) is 0 Å². The summed E-state index contributed by atoms with van der Waals surface area (Å²) < 4.78 is 0. The molecule has 106 valence electrons. The number of hydrogen-bond donors (Lipinski definition) is 1. The van der Waals surface area contributed by atoms with Crippen LogP contribution in [-0.4, -0.2) is 25.2 Å². The minimum Gasteiger partial charge on any atom is -0.365 e. The number of nitrogens with one attached hydrogen (secondary N) is 1. The van der Waals surface area contributed by atoms with Gasteiger partial charge in [-0.2, -0.15) is 0 Å². The van der Waals surface area contributed by atoms with Crippen molar-refractivity contribution in [2.75, 3.05) is 18.0 Å². The van der Waals surface area contributed by atoms with Crippen LogP contribution in [0.15, 0.2) is 24.3 Å². The zero-order valence-electron chi connectivity index (χ0n) is 13.0. The third-order valence-corrected chi connectivity index (χ3v) is 4.32. The van der Waals surface area contributed by atoms with Gasteiger partial charge >= 0.3 is 0 Å². The van der Waals surface area contributed by atoms with Crippen LogP contribution < -0.4 is 10.2 Å². The number of benzene rings is 1. The summed E-state index contributed by atoms with van der Waals surface area (Å²) in [5, 5.41) is 3.72. The number of rotatable bonds is 3. The molecule has 1 aliphatic rings. The second kappa shape index (κ2) is 5.96. The van der Waals surface area contributed by atoms with E-state index in [1.54, 1.807) is 0 Å². The van der Waals surface area contributed by atoms with Crippen LogP contribution in [0.25, 0.3) is 0 Å². The number of hydrogen-bond acceptors (Lipinski definition) is 2. The fourth-order valence-corrected chi connectivity index (χ4v) is 2.87. The van der Waals surface area contributed by atoms with Gasteiger partial charge in [0.05, 0.1) is 0 Å². The van der Waals surface area contributed by atoms with Crippen LogP contribution in [0.5, 0.6) is 0 Å². The zero-order chi connectivity index (χ0) is 14.0. The van der Waals surface area contributed by atoms with Crippen LogP contribution >= 0.6 is 0 Å². The average molecular weight is 260 g/mol. The second-order valence-corrected chi connectivity index (χ2v) is 6.56. The van der Waals surface area contributed by atoms with E-state index in [-0.39, 0.29) is 0 Å². The van der Waals surface area contributed by atoms with Crippen LogP contribution in [0.2, 0.25) is 0 Å². The normalized spacial score (nSPS) is 24.3. The first-order chi connectivity index (χ1) is 8.99. The van der Waals surface area contributed by atoms with Crippen molar-refractivity contribution < 1.29 is 0 Å². The van der Waals surface area contributed by atoms with Gasteiger partial charge in [-0.05, 0) is 30.9 Å². The van der Waals surface area contributed by atoms with Crippen molar-refractivity contribution in [3.8, 4) is 0 Å². The van der Waals surface area contributed by atoms with E-state index in [0.29, 0.717) is 23.9 Å². The number of aryl methyl sites for hydroxylation is 1. The first-order valence-corrected chi connectivity index (χ1v) is 7.55. The molecule has 0 saturated carbocycles. The van der Waals surface area contributed by atoms with Crippen LogP contribution in [0, 0.1) is 18.8 Å². The SMILES string of the molecule is Cc1ccc(N2CC(C(C)C)NCC2C(C)C)cc1. The van der Waals surface area contributed by atoms with Gasteiger partial charge in [0.25, 0.3) is 0 Å². The molecule has 2 atom stereocenters. The largest absolute Gasteiger partial charge is 0.365 e. The molecule has 1 aromatic rings. The molecule has 0 amide bonds. The molecule has 2 nitrogen and oxygen atoms in total. The Kier molecular flexibility index (Phi) is 4.51. The number of piperazine rings is 1. The predicted molar refractivity (Wildman–Crippen MR) is 83.8 cm³/mol. The average Bonchev–Trinajstić information content (AvgIpc) is 2.38. The highest BCUT2D eigenvalue weighted by molar-refractivity contribution is 5.49. The van der Waals surface area contributed by atoms with Gasteiger partial charge in [0.2, 0.25) is 0 Å². The van der Waals surface area contributed by atoms with Crippen LogP contribution in [0.1, 0.15) is 33.3 Å². The summed E-state index contributed by atoms with van der Waals surface area (Å²) in [6, 6.07) is 10.2. The minimum atomic E-state index is 0.594. The summed E-state index contributed by atoms with van der Waals surface area (Å²) in [6.07, 6.45) is 0. The van der Waals surface area contributed by atoms with Crippen LogP contribution in [0.4, 0.5) is 5.69 Å². The van der Waals surface area contributed by atoms with E-state index in [4.69, 9.17) is 0 Å². The topological polar surface area (TPSA) is 15.3 Å². The molecule has 2 heteroatoms. The lowest BCUT2D eigenvalue weighted by Gasteiger charge is -2.45. The summed E-state index contributed by atoms with van der Waals surface area (Å²) in [4.78, 5) is 2.60. The fraction of sp³-hybridized carbons (Fsp3) is 0.647. The third kappa shape index (κ3) is 3.30. The molecule has 2 unspecified atom stereocenters. The van der Waals surface area contributed by atoms with Crippen molar-refractivity contribution in [1.82, 2.24) is 5.32 Å². The quantitative estimate of drug-likeness (QED) is 0.895. The monoisotopic (exact) mass is 260 g/mol. The minimum absolute atomic E-state index is 0.594. The molecular weight excluding hydrogens is 232 g/mol. The lowest BCUT2D eigenvalue weighted by molar-refractivity contribution is 0.295. The first-order valence-electron chi connectivity index (χ1n) is 7.55. The maximum absolute atomic E-state index is 3.72. The van der Waals surface area contributed by atoms with E-state index in [1.165, 1.54) is 11.3 Å². The molecule has 1 fully saturated rings. The molecular formula is C17H28N2. The van der Waals surface area contributed by atoms with Gasteiger partial charge in [-0.3, -0.25) is 0 Å². The molecule has 0 bridgehead atoms. The Hall–Kier alpha value is -1.02. The summed E-state index contributed by atoms with van der Waals surface area (Å²) >= 11 is 0. The standard InChI is InChI=1S/C17H28N2/c1-12(2)16-11-19(17(10-18-16)13(3)4)15-8-6-14(5)7-9-15/h6-9,12-13,16-18H,10-11H2,1-5H3. The van der Waals surface area contributed by atoms with Crippen molar-refractivity contribution in [2.45, 2.75) is 46.7 Å². The number of anilines is 1. The van der Waals surface area contributed by atoms with Gasteiger partial charge in [-0.25, -0.2) is 0 Å². The van der Waals surface area contributed by atoms with E-state index >= 15 is 0 Å². The highest BCUT2D eigenvalue weighted by Gasteiger charge is 2.31. The van der Waals surface area contributed by atoms with E-state index in [9.17, 15) is 0 Å². The van der Waals surface area contributed by atoms with Crippen LogP contribution in [0.3, 0.4) is 0 Å². The maximum atomic E-state index is 3.72. The Bertz CT molecular complexity index is 394. The zero-order valence-corrected chi connectivity index (χ0v) is 13.0. The molecule has 0 spiro atoms. The van der Waals surface area contributed by atoms with Crippen molar-refractivity contribution in [1.29, 1.82) is 0 Å². The van der Waals surface area contributed by atoms with Gasteiger partial charge in [-0.1, -0.05) is 45.4 Å². The van der Waals surface area contributed by atoms with Gasteiger partial charge in [0.15, 0.2) is 0 Å². The van der Waals surface area contributed by atoms with Crippen molar-refractivity contribution in [3.63, 3.8) is 0 Å². The van der Waals surface area contributed by atoms with E-state index < -0.39 is 0 Å². The first kappa shape index (κ1) is 14.4. The Labute approximate surface area is 118 Å². The van der Waals surface area contributed by atoms with Crippen molar-refractivity contribution in [3.05, 3.63) is 29.8 Å². The summed E-state index contributed by atoms with van der Waals surface area (Å²) in [5.41, 5.74) is 2.71. The molecule has 1 heterocycles. The van der Waals surface area contributed by atoms with Gasteiger partial charge in [0, 0.05) is 30.9 Å². The Balaban J connectivity index is 2.22. The van der Waals surface area contributed by atoms with Crippen molar-refractivity contribution >= 4 is 5.69 Å². The Morgan fingerprint density at radius 2 is 1.68 bits per heavy atom. The van der Waals surface area contributed by atoms with E-state index in [2.05, 4.69) is 69.1 Å². The lowest BCUT2D eigenvalue weighted by Crippen LogP contribution is -2.60. The molecule has 1 saturated heterocycles. The third-order valence-electron chi connectivity index (χ3n) is 4.32. The summed E-state index contributed by atoms with van der Waals surface area (Å²) in [7, 11) is 0. The van der Waals surface area contributed by atoms with Crippen LogP contribution in [-0.2, 0) is 0 Å². The van der Waals surface area contributed by atoms with Gasteiger partial charge < -0.3 is 10.2 Å². The smallest absolute Gasteiger partial charge is 0.0438 e. The Morgan fingerprint density at radius 1 is 1.05 bits per heavy atom. The summed E-state index contributed by atoms with van der Waals surface area (Å²) in [6.45, 7) is 13.6. The molecule has 0 radical (unpaired) electrons. The van der Waals surface area contributed by atoms with Crippen molar-refractivity contribution in [2.24, 2.45) is 11.8 Å². The molecule has 19 heavy (non-hydrogen) atoms. The predicted octanol–water partition coefficient (Wildman–Crippen LogP) is 3.45. The molecule has 1 aliphatic heterocycles. The fourth-order valence-electron chi connectivity index (χ4n) is 2.87. The van der Waals surface area contributed by atoms with Gasteiger partial charge in [-0.15, -0.1) is 0 Å². The second-order valence-electron chi connectivity index (χ2n) is 6.56. The lowest BCUT2D eigenvalue weighted by atomic mass is 9.93. The maximum Gasteiger partial charge on any atom is 0.0438 e. The highest BCUT2D eigenvalue weighted by atomic mass is 15.2. The number of nitrogens with zero attached hydrogens (tertiary/aromatic N) is 1. The Morgan fingerprint density at radius 3 is 2.21 bits per heavy atom. The van der Waals surface area contributed by atoms with Gasteiger partial charge in [0.1, 0.15) is 0 Å².